The topological polar surface area (TPSA) is 692 Å². The zero-order valence-electron chi connectivity index (χ0n) is 70.9. The van der Waals surface area contributed by atoms with Gasteiger partial charge in [0.2, 0.25) is 88.6 Å². The highest BCUT2D eigenvalue weighted by Gasteiger charge is 2.44. The van der Waals surface area contributed by atoms with Crippen molar-refractivity contribution in [3.05, 3.63) is 29.8 Å². The van der Waals surface area contributed by atoms with Crippen molar-refractivity contribution in [2.75, 3.05) is 39.4 Å². The van der Waals surface area contributed by atoms with Crippen molar-refractivity contribution in [3.63, 3.8) is 0 Å². The van der Waals surface area contributed by atoms with E-state index in [1.807, 2.05) is 0 Å². The summed E-state index contributed by atoms with van der Waals surface area (Å²) in [6.45, 7) is 17.0. The molecule has 122 heavy (non-hydrogen) atoms. The Morgan fingerprint density at radius 2 is 0.844 bits per heavy atom. The first-order valence-electron chi connectivity index (χ1n) is 40.3. The van der Waals surface area contributed by atoms with Crippen LogP contribution in [0.2, 0.25) is 0 Å². The molecular weight excluding hydrogens is 1620 g/mol. The summed E-state index contributed by atoms with van der Waals surface area (Å²) in [6.07, 6.45) is -5.61. The third-order valence-electron chi connectivity index (χ3n) is 19.5. The average molecular weight is 1750 g/mol. The summed E-state index contributed by atoms with van der Waals surface area (Å²) in [4.78, 5) is 243. The van der Waals surface area contributed by atoms with Crippen LogP contribution in [-0.2, 0) is 92.7 Å². The van der Waals surface area contributed by atoms with Gasteiger partial charge in [-0.05, 0) is 131 Å². The Kier molecular flexibility index (Phi) is 48.7. The summed E-state index contributed by atoms with van der Waals surface area (Å²) in [6, 6.07) is -15.5. The number of alkyl halides is 3. The third kappa shape index (κ3) is 38.4. The predicted octanol–water partition coefficient (Wildman–Crippen LogP) is -4.40. The van der Waals surface area contributed by atoms with E-state index >= 15 is 4.79 Å². The lowest BCUT2D eigenvalue weighted by atomic mass is 9.95. The number of nitrogens with one attached hydrogen (secondary N) is 13. The summed E-state index contributed by atoms with van der Waals surface area (Å²) in [5.41, 5.74) is 22.7. The van der Waals surface area contributed by atoms with E-state index < -0.39 is 266 Å². The number of carboxylic acids is 3. The molecule has 0 unspecified atom stereocenters. The lowest BCUT2D eigenvalue weighted by Crippen LogP contribution is -2.62. The van der Waals surface area contributed by atoms with Crippen LogP contribution in [0.15, 0.2) is 24.3 Å². The number of aliphatic hydroxyl groups is 2. The number of phenols is 1. The molecule has 0 bridgehead atoms. The van der Waals surface area contributed by atoms with Gasteiger partial charge in [0.1, 0.15) is 90.3 Å². The number of carboxylic acid groups (broad SMARTS) is 3. The minimum Gasteiger partial charge on any atom is -0.508 e. The summed E-state index contributed by atoms with van der Waals surface area (Å²) in [5.74, 6) is -23.8. The fourth-order valence-electron chi connectivity index (χ4n) is 12.3. The standard InChI is InChI=1S/C75H126N18O22.C2HF3O2/c1-13-42(12)61(92-63(102)46(26-27-54(79)97)82-70(109)57(38(4)5)88-68(107)51(35-94)80-55(98)34-78)73(112)90-59(40(8)9)72(111)85-49(32-43-22-24-44(96)25-23-43)65(104)83-47(20-15-17-29-77)74(113)93-30-18-21-53(93)69(108)89-58(39(6)7)71(110)86-50(33-56(99)100)66(105)84-48(31-37(2)3)64(103)87-52(36-95)67(106)81-45(19-14-16-28-76)62(101)91-60(41(10)11)75(114)115;3-2(4,5)1(6)7/h22-25,37-42,45-53,57-61,94-96H,13-21,26-36,76-78H2,1-12H3,(H2,79,97)(H,80,98)(H,81,106)(H,82,109)(H,83,104)(H,84,105)(H,85,111)(H,86,110)(H,87,103)(H,88,107)(H,89,108)(H,90,112)(H,91,101)(H,92,102)(H,99,100)(H,114,115);(H,6,7)/t42-,45-,46-,47-,48-,49-,50-,51-,52-,53-,57-,58-,59-,60-,61-;/m0./s1. The van der Waals surface area contributed by atoms with Gasteiger partial charge in [-0.3, -0.25) is 76.7 Å². The molecule has 1 fully saturated rings. The zero-order chi connectivity index (χ0) is 93.3. The number of likely N-dealkylation sites (tertiary alicyclic amines) is 1. The maximum absolute atomic E-state index is 15.0. The van der Waals surface area contributed by atoms with E-state index in [2.05, 4.69) is 69.1 Å². The van der Waals surface area contributed by atoms with Crippen molar-refractivity contribution in [2.24, 2.45) is 58.4 Å². The minimum atomic E-state index is -5.08. The Morgan fingerprint density at radius 1 is 0.467 bits per heavy atom. The summed E-state index contributed by atoms with van der Waals surface area (Å²) in [7, 11) is 0. The molecule has 1 heterocycles. The molecular formula is C77H127F3N18O24. The second kappa shape index (κ2) is 54.5. The number of halogens is 3. The molecule has 0 saturated carbocycles. The first-order chi connectivity index (χ1) is 56.9. The molecule has 45 heteroatoms. The number of primary amides is 1. The molecule has 690 valence electrons. The van der Waals surface area contributed by atoms with Gasteiger partial charge in [0, 0.05) is 19.4 Å². The highest BCUT2D eigenvalue weighted by atomic mass is 19.4. The smallest absolute Gasteiger partial charge is 0.490 e. The number of hydrogen-bond acceptors (Lipinski definition) is 24. The summed E-state index contributed by atoms with van der Waals surface area (Å²) in [5, 5.41) is 89.8. The van der Waals surface area contributed by atoms with Crippen LogP contribution in [0.1, 0.15) is 172 Å². The summed E-state index contributed by atoms with van der Waals surface area (Å²) >= 11 is 0. The van der Waals surface area contributed by atoms with Crippen LogP contribution in [-0.4, -0.2) is 272 Å². The van der Waals surface area contributed by atoms with E-state index in [9.17, 15) is 115 Å². The number of rotatable bonds is 53. The van der Waals surface area contributed by atoms with E-state index in [0.717, 1.165) is 0 Å². The molecule has 0 aromatic heterocycles. The normalized spacial score (nSPS) is 16.1. The Balaban J connectivity index is 0.0000101. The Morgan fingerprint density at radius 3 is 1.30 bits per heavy atom. The molecule has 27 N–H and O–H groups in total. The van der Waals surface area contributed by atoms with Crippen LogP contribution >= 0.6 is 0 Å². The lowest BCUT2D eigenvalue weighted by molar-refractivity contribution is -0.192. The number of unbranched alkanes of at least 4 members (excludes halogenated alkanes) is 2. The number of aliphatic hydroxyl groups excluding tert-OH is 2. The van der Waals surface area contributed by atoms with Crippen LogP contribution in [0.25, 0.3) is 0 Å². The molecule has 0 aliphatic carbocycles. The number of aromatic hydroxyl groups is 1. The number of nitrogens with two attached hydrogens (primary N) is 4. The largest absolute Gasteiger partial charge is 0.508 e. The van der Waals surface area contributed by atoms with Gasteiger partial charge >= 0.3 is 24.1 Å². The van der Waals surface area contributed by atoms with Crippen molar-refractivity contribution in [3.8, 4) is 5.75 Å². The van der Waals surface area contributed by atoms with Gasteiger partial charge in [0.25, 0.3) is 0 Å². The lowest BCUT2D eigenvalue weighted by Gasteiger charge is -2.32. The average Bonchev–Trinajstić information content (AvgIpc) is 1.60. The van der Waals surface area contributed by atoms with Gasteiger partial charge in [-0.25, -0.2) is 9.59 Å². The fourth-order valence-corrected chi connectivity index (χ4v) is 12.3. The van der Waals surface area contributed by atoms with E-state index in [1.165, 1.54) is 43.0 Å². The van der Waals surface area contributed by atoms with Crippen LogP contribution in [0.5, 0.6) is 5.75 Å². The van der Waals surface area contributed by atoms with Gasteiger partial charge in [0.05, 0.1) is 26.2 Å². The number of nitrogens with zero attached hydrogens (tertiary/aromatic N) is 1. The number of amides is 15. The molecule has 42 nitrogen and oxygen atoms in total. The minimum absolute atomic E-state index is 0.0128. The molecule has 1 aromatic carbocycles. The fraction of sp³-hybridized carbons (Fsp3) is 0.688. The number of carbonyl (C=O) groups is 18. The molecule has 0 radical (unpaired) electrons. The van der Waals surface area contributed by atoms with E-state index in [-0.39, 0.29) is 82.7 Å². The highest BCUT2D eigenvalue weighted by molar-refractivity contribution is 6.01. The Labute approximate surface area is 705 Å². The van der Waals surface area contributed by atoms with E-state index in [1.54, 1.807) is 69.2 Å². The predicted molar refractivity (Wildman–Crippen MR) is 431 cm³/mol. The molecule has 2 rings (SSSR count). The van der Waals surface area contributed by atoms with Gasteiger partial charge in [0.15, 0.2) is 0 Å². The zero-order valence-corrected chi connectivity index (χ0v) is 70.9. The third-order valence-corrected chi connectivity index (χ3v) is 19.5. The number of benzene rings is 1. The monoisotopic (exact) mass is 1740 g/mol. The summed E-state index contributed by atoms with van der Waals surface area (Å²) < 4.78 is 31.7. The molecule has 0 spiro atoms. The maximum atomic E-state index is 15.0. The van der Waals surface area contributed by atoms with Gasteiger partial charge in [-0.2, -0.15) is 13.2 Å². The Bertz CT molecular complexity index is 3690. The van der Waals surface area contributed by atoms with Crippen molar-refractivity contribution in [1.82, 2.24) is 74.0 Å². The highest BCUT2D eigenvalue weighted by Crippen LogP contribution is 2.23. The van der Waals surface area contributed by atoms with E-state index in [0.29, 0.717) is 24.8 Å². The van der Waals surface area contributed by atoms with Gasteiger partial charge in [-0.15, -0.1) is 0 Å². The Hall–Kier alpha value is -10.9. The maximum Gasteiger partial charge on any atom is 0.490 e. The molecule has 1 aliphatic rings. The SMILES string of the molecule is CC[C@H](C)[C@H](NC(=O)[C@H](CCC(N)=O)NC(=O)[C@@H](NC(=O)[C@H](CO)NC(=O)CN)C(C)C)C(=O)N[C@H](C(=O)N[C@@H](Cc1ccc(O)cc1)C(=O)N[C@@H](CCCCN)C(=O)N1CCC[C@H]1C(=O)N[C@H](C(=O)N[C@@H](CC(=O)O)C(=O)N[C@@H](CC(C)C)C(=O)N[C@@H](CO)C(=O)N[C@@H](CCCCN)C(=O)N[C@H](C(=O)O)C(C)C)C(C)C)C(C)C.O=C(O)C(F)(F)F. The van der Waals surface area contributed by atoms with Crippen LogP contribution < -0.4 is 92.1 Å². The quantitative estimate of drug-likeness (QED) is 0.0274. The second-order valence-electron chi connectivity index (χ2n) is 31.4. The first kappa shape index (κ1) is 109. The van der Waals surface area contributed by atoms with Crippen molar-refractivity contribution in [1.29, 1.82) is 0 Å². The molecule has 1 saturated heterocycles. The molecule has 15 amide bonds. The van der Waals surface area contributed by atoms with Crippen molar-refractivity contribution >= 4 is 107 Å². The van der Waals surface area contributed by atoms with Gasteiger partial charge < -0.3 is 128 Å². The van der Waals surface area contributed by atoms with E-state index in [4.69, 9.17) is 32.8 Å². The van der Waals surface area contributed by atoms with Crippen LogP contribution in [0, 0.1) is 35.5 Å². The van der Waals surface area contributed by atoms with Crippen LogP contribution in [0.3, 0.4) is 0 Å². The van der Waals surface area contributed by atoms with Crippen molar-refractivity contribution < 1.29 is 130 Å². The second-order valence-corrected chi connectivity index (χ2v) is 31.4. The molecule has 1 aliphatic heterocycles. The first-order valence-corrected chi connectivity index (χ1v) is 40.3. The molecule has 15 atom stereocenters. The number of carbonyl (C=O) groups excluding carboxylic acids is 15. The number of phenolic OH excluding ortho intramolecular Hbond substituents is 1. The van der Waals surface area contributed by atoms with Gasteiger partial charge in [-0.1, -0.05) is 102 Å². The molecule has 1 aromatic rings. The number of hydrogen-bond donors (Lipinski definition) is 23. The van der Waals surface area contributed by atoms with Crippen LogP contribution in [0.4, 0.5) is 13.2 Å². The number of aliphatic carboxylic acids is 3. The van der Waals surface area contributed by atoms with Crippen molar-refractivity contribution in [2.45, 2.75) is 264 Å².